The lowest BCUT2D eigenvalue weighted by Gasteiger charge is -2.10. The smallest absolute Gasteiger partial charge is 0.263 e. The summed E-state index contributed by atoms with van der Waals surface area (Å²) >= 11 is 8.79. The van der Waals surface area contributed by atoms with E-state index in [-0.39, 0.29) is 22.1 Å². The van der Waals surface area contributed by atoms with Gasteiger partial charge in [-0.15, -0.1) is 11.6 Å². The van der Waals surface area contributed by atoms with E-state index in [2.05, 4.69) is 15.9 Å². The zero-order valence-electron chi connectivity index (χ0n) is 8.51. The summed E-state index contributed by atoms with van der Waals surface area (Å²) in [6.45, 7) is 1.68. The summed E-state index contributed by atoms with van der Waals surface area (Å²) in [5.74, 6) is -0.113. The zero-order valence-corrected chi connectivity index (χ0v) is 10.9. The third-order valence-corrected chi connectivity index (χ3v) is 2.86. The Bertz CT molecular complexity index is 394. The molecular weight excluding hydrogens is 301 g/mol. The molecule has 16 heavy (non-hydrogen) atoms. The standard InChI is InChI=1S/C11H10BrClF2O/c1-6(12)10(16)9-3-2-7(11(14)15)4-8(9)5-13/h2-4,6,11H,5H2,1H3. The molecule has 0 saturated heterocycles. The monoisotopic (exact) mass is 310 g/mol. The van der Waals surface area contributed by atoms with Gasteiger partial charge in [0.05, 0.1) is 4.83 Å². The van der Waals surface area contributed by atoms with Gasteiger partial charge >= 0.3 is 0 Å². The van der Waals surface area contributed by atoms with Crippen molar-refractivity contribution in [1.29, 1.82) is 0 Å². The lowest BCUT2D eigenvalue weighted by atomic mass is 10.0. The minimum atomic E-state index is -2.55. The van der Waals surface area contributed by atoms with Crippen LogP contribution in [0.25, 0.3) is 0 Å². The van der Waals surface area contributed by atoms with Gasteiger partial charge in [0, 0.05) is 17.0 Å². The summed E-state index contributed by atoms with van der Waals surface area (Å²) in [5, 5.41) is 0. The van der Waals surface area contributed by atoms with Gasteiger partial charge in [-0.05, 0) is 18.6 Å². The second-order valence-electron chi connectivity index (χ2n) is 3.33. The Labute approximate surface area is 106 Å². The van der Waals surface area contributed by atoms with Crippen LogP contribution in [0, 0.1) is 0 Å². The van der Waals surface area contributed by atoms with Crippen LogP contribution in [0.5, 0.6) is 0 Å². The third kappa shape index (κ3) is 3.01. The van der Waals surface area contributed by atoms with Gasteiger partial charge < -0.3 is 0 Å². The van der Waals surface area contributed by atoms with Crippen LogP contribution >= 0.6 is 27.5 Å². The summed E-state index contributed by atoms with van der Waals surface area (Å²) in [6.07, 6.45) is -2.55. The van der Waals surface area contributed by atoms with Crippen LogP contribution < -0.4 is 0 Å². The first-order valence-corrected chi connectivity index (χ1v) is 6.07. The highest BCUT2D eigenvalue weighted by Gasteiger charge is 2.17. The number of hydrogen-bond acceptors (Lipinski definition) is 1. The quantitative estimate of drug-likeness (QED) is 0.597. The summed E-state index contributed by atoms with van der Waals surface area (Å²) in [4.78, 5) is 11.4. The Balaban J connectivity index is 3.17. The lowest BCUT2D eigenvalue weighted by Crippen LogP contribution is -2.12. The van der Waals surface area contributed by atoms with E-state index in [1.165, 1.54) is 18.2 Å². The van der Waals surface area contributed by atoms with Gasteiger partial charge in [0.25, 0.3) is 6.43 Å². The molecule has 5 heteroatoms. The van der Waals surface area contributed by atoms with Crippen molar-refractivity contribution in [2.24, 2.45) is 0 Å². The first-order valence-electron chi connectivity index (χ1n) is 4.62. The van der Waals surface area contributed by atoms with Crippen LogP contribution in [0.15, 0.2) is 18.2 Å². The Morgan fingerprint density at radius 3 is 2.56 bits per heavy atom. The molecule has 1 unspecified atom stereocenters. The largest absolute Gasteiger partial charge is 0.293 e. The van der Waals surface area contributed by atoms with Crippen LogP contribution in [0.1, 0.15) is 34.8 Å². The van der Waals surface area contributed by atoms with Crippen LogP contribution in [0.3, 0.4) is 0 Å². The van der Waals surface area contributed by atoms with Crippen LogP contribution in [0.4, 0.5) is 8.78 Å². The molecule has 0 aliphatic carbocycles. The fraction of sp³-hybridized carbons (Fsp3) is 0.364. The van der Waals surface area contributed by atoms with Crippen LogP contribution in [-0.2, 0) is 5.88 Å². The highest BCUT2D eigenvalue weighted by atomic mass is 79.9. The van der Waals surface area contributed by atoms with Gasteiger partial charge in [-0.25, -0.2) is 8.78 Å². The summed E-state index contributed by atoms with van der Waals surface area (Å²) in [5.41, 5.74) is 0.717. The molecule has 0 fully saturated rings. The van der Waals surface area contributed by atoms with Crippen molar-refractivity contribution in [3.8, 4) is 0 Å². The van der Waals surface area contributed by atoms with Gasteiger partial charge in [-0.2, -0.15) is 0 Å². The molecule has 0 amide bonds. The number of Topliss-reactive ketones (excluding diaryl/α,β-unsaturated/α-hetero) is 1. The number of hydrogen-bond donors (Lipinski definition) is 0. The van der Waals surface area contributed by atoms with Gasteiger partial charge in [0.2, 0.25) is 0 Å². The highest BCUT2D eigenvalue weighted by molar-refractivity contribution is 9.10. The molecule has 1 aromatic rings. The molecule has 0 heterocycles. The van der Waals surface area contributed by atoms with Crippen molar-refractivity contribution in [1.82, 2.24) is 0 Å². The number of rotatable bonds is 4. The first-order chi connectivity index (χ1) is 7.47. The predicted molar refractivity (Wildman–Crippen MR) is 63.7 cm³/mol. The van der Waals surface area contributed by atoms with E-state index in [4.69, 9.17) is 11.6 Å². The summed E-state index contributed by atoms with van der Waals surface area (Å²) in [7, 11) is 0. The maximum absolute atomic E-state index is 12.4. The normalized spacial score (nSPS) is 12.9. The van der Waals surface area contributed by atoms with Gasteiger partial charge in [-0.3, -0.25) is 4.79 Å². The van der Waals surface area contributed by atoms with E-state index >= 15 is 0 Å². The summed E-state index contributed by atoms with van der Waals surface area (Å²) < 4.78 is 24.9. The van der Waals surface area contributed by atoms with E-state index in [1.54, 1.807) is 6.92 Å². The fourth-order valence-corrected chi connectivity index (χ4v) is 1.78. The van der Waals surface area contributed by atoms with Crippen LogP contribution in [0.2, 0.25) is 0 Å². The van der Waals surface area contributed by atoms with E-state index < -0.39 is 6.43 Å². The fourth-order valence-electron chi connectivity index (χ4n) is 1.31. The lowest BCUT2D eigenvalue weighted by molar-refractivity contribution is 0.0994. The van der Waals surface area contributed by atoms with Crippen molar-refractivity contribution in [2.45, 2.75) is 24.1 Å². The number of carbonyl (C=O) groups excluding carboxylic acids is 1. The molecule has 0 aliphatic heterocycles. The topological polar surface area (TPSA) is 17.1 Å². The van der Waals surface area contributed by atoms with Crippen molar-refractivity contribution < 1.29 is 13.6 Å². The Hall–Kier alpha value is -0.480. The first kappa shape index (κ1) is 13.6. The third-order valence-electron chi connectivity index (χ3n) is 2.15. The molecule has 0 saturated carbocycles. The molecule has 0 aromatic heterocycles. The molecule has 0 spiro atoms. The molecule has 0 N–H and O–H groups in total. The molecule has 1 rings (SSSR count). The van der Waals surface area contributed by atoms with E-state index in [1.807, 2.05) is 0 Å². The van der Waals surface area contributed by atoms with Crippen molar-refractivity contribution in [3.63, 3.8) is 0 Å². The van der Waals surface area contributed by atoms with Gasteiger partial charge in [-0.1, -0.05) is 28.1 Å². The molecule has 1 aromatic carbocycles. The van der Waals surface area contributed by atoms with E-state index in [9.17, 15) is 13.6 Å². The van der Waals surface area contributed by atoms with E-state index in [0.29, 0.717) is 11.1 Å². The molecule has 0 radical (unpaired) electrons. The van der Waals surface area contributed by atoms with Crippen molar-refractivity contribution >= 4 is 33.3 Å². The van der Waals surface area contributed by atoms with Crippen molar-refractivity contribution in [2.75, 3.05) is 0 Å². The number of alkyl halides is 4. The average Bonchev–Trinajstić information content (AvgIpc) is 2.26. The Morgan fingerprint density at radius 1 is 1.50 bits per heavy atom. The minimum Gasteiger partial charge on any atom is -0.293 e. The van der Waals surface area contributed by atoms with Gasteiger partial charge in [0.1, 0.15) is 0 Å². The second kappa shape index (κ2) is 5.73. The molecule has 1 atom stereocenters. The minimum absolute atomic E-state index is 0.0430. The van der Waals surface area contributed by atoms with E-state index in [0.717, 1.165) is 0 Å². The maximum Gasteiger partial charge on any atom is 0.263 e. The number of carbonyl (C=O) groups is 1. The Morgan fingerprint density at radius 2 is 2.12 bits per heavy atom. The van der Waals surface area contributed by atoms with Crippen molar-refractivity contribution in [3.05, 3.63) is 34.9 Å². The zero-order chi connectivity index (χ0) is 12.3. The number of halogens is 4. The molecule has 1 nitrogen and oxygen atoms in total. The number of benzene rings is 1. The molecular formula is C11H10BrClF2O. The molecule has 0 bridgehead atoms. The predicted octanol–water partition coefficient (Wildman–Crippen LogP) is 4.33. The average molecular weight is 312 g/mol. The Kier molecular flexibility index (Phi) is 4.87. The SMILES string of the molecule is CC(Br)C(=O)c1ccc(C(F)F)cc1CCl. The second-order valence-corrected chi connectivity index (χ2v) is 4.97. The maximum atomic E-state index is 12.4. The van der Waals surface area contributed by atoms with Gasteiger partial charge in [0.15, 0.2) is 5.78 Å². The highest BCUT2D eigenvalue weighted by Crippen LogP contribution is 2.24. The number of ketones is 1. The molecule has 0 aliphatic rings. The molecule has 88 valence electrons. The summed E-state index contributed by atoms with van der Waals surface area (Å²) in [6, 6.07) is 3.93. The van der Waals surface area contributed by atoms with Crippen LogP contribution in [-0.4, -0.2) is 10.6 Å².